The molecule has 0 saturated carbocycles. The van der Waals surface area contributed by atoms with Crippen LogP contribution in [0.4, 0.5) is 0 Å². The molecule has 0 aliphatic heterocycles. The summed E-state index contributed by atoms with van der Waals surface area (Å²) in [4.78, 5) is 18.6. The van der Waals surface area contributed by atoms with Crippen molar-refractivity contribution < 1.29 is 4.79 Å². The molecule has 0 aliphatic carbocycles. The van der Waals surface area contributed by atoms with Gasteiger partial charge in [0.25, 0.3) is 5.91 Å². The Bertz CT molecular complexity index is 942. The first-order valence-corrected chi connectivity index (χ1v) is 8.88. The van der Waals surface area contributed by atoms with Crippen LogP contribution in [0.3, 0.4) is 0 Å². The summed E-state index contributed by atoms with van der Waals surface area (Å²) in [5, 5.41) is 0.533. The van der Waals surface area contributed by atoms with E-state index in [0.717, 1.165) is 17.7 Å². The molecule has 0 fully saturated rings. The zero-order chi connectivity index (χ0) is 17.1. The van der Waals surface area contributed by atoms with E-state index in [1.165, 1.54) is 4.88 Å². The van der Waals surface area contributed by atoms with Gasteiger partial charge in [-0.25, -0.2) is 0 Å². The van der Waals surface area contributed by atoms with Gasteiger partial charge in [-0.05, 0) is 30.2 Å². The minimum absolute atomic E-state index is 0.281. The maximum absolute atomic E-state index is 12.4. The summed E-state index contributed by atoms with van der Waals surface area (Å²) in [7, 11) is 1.95. The topological polar surface area (TPSA) is 34.4 Å². The number of hydrogen-bond acceptors (Lipinski definition) is 2. The third-order valence-electron chi connectivity index (χ3n) is 3.74. The molecule has 0 bridgehead atoms. The Labute approximate surface area is 149 Å². The molecule has 1 aromatic heterocycles. The van der Waals surface area contributed by atoms with Gasteiger partial charge in [-0.3, -0.25) is 4.79 Å². The Hall–Kier alpha value is -2.17. The fourth-order valence-electron chi connectivity index (χ4n) is 2.57. The van der Waals surface area contributed by atoms with E-state index in [0.29, 0.717) is 15.4 Å². The number of benzene rings is 2. The molecule has 0 unspecified atom stereocenters. The maximum Gasteiger partial charge on any atom is 0.279 e. The predicted molar refractivity (Wildman–Crippen MR) is 99.4 cm³/mol. The number of rotatable bonds is 3. The first-order valence-electron chi connectivity index (χ1n) is 7.69. The number of amides is 1. The van der Waals surface area contributed by atoms with E-state index in [2.05, 4.69) is 24.0 Å². The number of carbonyl (C=O) groups is 1. The smallest absolute Gasteiger partial charge is 0.279 e. The minimum atomic E-state index is -0.281. The van der Waals surface area contributed by atoms with Crippen molar-refractivity contribution in [2.75, 3.05) is 0 Å². The van der Waals surface area contributed by atoms with Crippen LogP contribution < -0.4 is 4.80 Å². The largest absolute Gasteiger partial charge is 0.319 e. The van der Waals surface area contributed by atoms with Gasteiger partial charge in [-0.1, -0.05) is 54.9 Å². The molecule has 122 valence electrons. The lowest BCUT2D eigenvalue weighted by Crippen LogP contribution is -2.14. The lowest BCUT2D eigenvalue weighted by Gasteiger charge is -2.05. The van der Waals surface area contributed by atoms with Crippen LogP contribution in [0.1, 0.15) is 22.2 Å². The van der Waals surface area contributed by atoms with Gasteiger partial charge < -0.3 is 4.57 Å². The molecule has 0 saturated heterocycles. The molecule has 3 nitrogen and oxygen atoms in total. The number of halogens is 1. The summed E-state index contributed by atoms with van der Waals surface area (Å²) in [6.07, 6.45) is 0.892. The van der Waals surface area contributed by atoms with E-state index in [1.54, 1.807) is 35.6 Å². The van der Waals surface area contributed by atoms with Crippen molar-refractivity contribution >= 4 is 28.8 Å². The summed E-state index contributed by atoms with van der Waals surface area (Å²) >= 11 is 7.51. The number of aromatic nitrogens is 1. The van der Waals surface area contributed by atoms with Crippen LogP contribution >= 0.6 is 22.9 Å². The number of aryl methyl sites for hydroxylation is 1. The van der Waals surface area contributed by atoms with E-state index >= 15 is 0 Å². The van der Waals surface area contributed by atoms with Gasteiger partial charge in [0, 0.05) is 22.5 Å². The Morgan fingerprint density at radius 1 is 1.17 bits per heavy atom. The van der Waals surface area contributed by atoms with Crippen molar-refractivity contribution in [3.8, 4) is 11.3 Å². The van der Waals surface area contributed by atoms with Gasteiger partial charge in [-0.2, -0.15) is 4.99 Å². The van der Waals surface area contributed by atoms with E-state index in [1.807, 2.05) is 29.8 Å². The molecule has 0 spiro atoms. The molecular weight excluding hydrogens is 340 g/mol. The highest BCUT2D eigenvalue weighted by Crippen LogP contribution is 2.25. The van der Waals surface area contributed by atoms with Crippen LogP contribution in [0.2, 0.25) is 5.02 Å². The second kappa shape index (κ2) is 7.16. The molecule has 0 atom stereocenters. The third-order valence-corrected chi connectivity index (χ3v) is 5.25. The van der Waals surface area contributed by atoms with E-state index in [-0.39, 0.29) is 5.91 Å². The van der Waals surface area contributed by atoms with Crippen LogP contribution in [-0.4, -0.2) is 10.5 Å². The first kappa shape index (κ1) is 16.7. The van der Waals surface area contributed by atoms with E-state index in [9.17, 15) is 4.79 Å². The van der Waals surface area contributed by atoms with Crippen LogP contribution in [0, 0.1) is 0 Å². The normalized spacial score (nSPS) is 11.7. The highest BCUT2D eigenvalue weighted by molar-refractivity contribution is 7.09. The highest BCUT2D eigenvalue weighted by Gasteiger charge is 2.13. The molecule has 1 heterocycles. The molecule has 0 N–H and O–H groups in total. The second-order valence-electron chi connectivity index (χ2n) is 5.36. The van der Waals surface area contributed by atoms with Crippen LogP contribution in [-0.2, 0) is 13.5 Å². The average Bonchev–Trinajstić information content (AvgIpc) is 2.91. The Morgan fingerprint density at radius 3 is 2.58 bits per heavy atom. The molecule has 5 heteroatoms. The van der Waals surface area contributed by atoms with E-state index < -0.39 is 0 Å². The molecule has 0 radical (unpaired) electrons. The zero-order valence-corrected chi connectivity index (χ0v) is 15.1. The SMILES string of the molecule is CCc1sc(=NC(=O)c2cccc(Cl)c2)n(C)c1-c1ccccc1. The molecule has 0 aliphatic rings. The van der Waals surface area contributed by atoms with Crippen molar-refractivity contribution in [2.24, 2.45) is 12.0 Å². The first-order chi connectivity index (χ1) is 11.6. The summed E-state index contributed by atoms with van der Waals surface area (Å²) in [5.74, 6) is -0.281. The summed E-state index contributed by atoms with van der Waals surface area (Å²) in [5.41, 5.74) is 2.74. The number of nitrogens with zero attached hydrogens (tertiary/aromatic N) is 2. The van der Waals surface area contributed by atoms with E-state index in [4.69, 9.17) is 11.6 Å². The van der Waals surface area contributed by atoms with Gasteiger partial charge >= 0.3 is 0 Å². The Morgan fingerprint density at radius 2 is 1.92 bits per heavy atom. The maximum atomic E-state index is 12.4. The average molecular weight is 357 g/mol. The molecule has 1 amide bonds. The molecular formula is C19H17ClN2OS. The lowest BCUT2D eigenvalue weighted by atomic mass is 10.1. The number of hydrogen-bond donors (Lipinski definition) is 0. The fourth-order valence-corrected chi connectivity index (χ4v) is 3.83. The number of carbonyl (C=O) groups excluding carboxylic acids is 1. The lowest BCUT2D eigenvalue weighted by molar-refractivity contribution is 0.0998. The van der Waals surface area contributed by atoms with Gasteiger partial charge in [0.2, 0.25) is 0 Å². The Balaban J connectivity index is 2.09. The van der Waals surface area contributed by atoms with Crippen molar-refractivity contribution in [2.45, 2.75) is 13.3 Å². The van der Waals surface area contributed by atoms with Gasteiger partial charge in [-0.15, -0.1) is 11.3 Å². The molecule has 3 rings (SSSR count). The minimum Gasteiger partial charge on any atom is -0.319 e. The van der Waals surface area contributed by atoms with Crippen molar-refractivity contribution in [3.63, 3.8) is 0 Å². The quantitative estimate of drug-likeness (QED) is 0.669. The second-order valence-corrected chi connectivity index (χ2v) is 6.86. The number of thiazole rings is 1. The molecule has 2 aromatic carbocycles. The third kappa shape index (κ3) is 3.35. The van der Waals surface area contributed by atoms with Crippen LogP contribution in [0.5, 0.6) is 0 Å². The van der Waals surface area contributed by atoms with Gasteiger partial charge in [0.1, 0.15) is 0 Å². The molecule has 3 aromatic rings. The molecule has 24 heavy (non-hydrogen) atoms. The predicted octanol–water partition coefficient (Wildman–Crippen LogP) is 4.71. The van der Waals surface area contributed by atoms with Crippen molar-refractivity contribution in [1.29, 1.82) is 0 Å². The van der Waals surface area contributed by atoms with Gasteiger partial charge in [0.15, 0.2) is 4.80 Å². The van der Waals surface area contributed by atoms with Gasteiger partial charge in [0.05, 0.1) is 5.69 Å². The summed E-state index contributed by atoms with van der Waals surface area (Å²) < 4.78 is 1.99. The zero-order valence-electron chi connectivity index (χ0n) is 13.5. The standard InChI is InChI=1S/C19H17ClN2OS/c1-3-16-17(13-8-5-4-6-9-13)22(2)19(24-16)21-18(23)14-10-7-11-15(20)12-14/h4-12H,3H2,1-2H3. The summed E-state index contributed by atoms with van der Waals surface area (Å²) in [6.45, 7) is 2.11. The fraction of sp³-hybridized carbons (Fsp3) is 0.158. The van der Waals surface area contributed by atoms with Crippen LogP contribution in [0.15, 0.2) is 59.6 Å². The summed E-state index contributed by atoms with van der Waals surface area (Å²) in [6, 6.07) is 17.0. The van der Waals surface area contributed by atoms with Crippen LogP contribution in [0.25, 0.3) is 11.3 Å². The monoisotopic (exact) mass is 356 g/mol. The Kier molecular flexibility index (Phi) is 4.97. The van der Waals surface area contributed by atoms with Crippen molar-refractivity contribution in [1.82, 2.24) is 4.57 Å². The van der Waals surface area contributed by atoms with Crippen molar-refractivity contribution in [3.05, 3.63) is 74.9 Å². The highest BCUT2D eigenvalue weighted by atomic mass is 35.5.